The Morgan fingerprint density at radius 1 is 1.30 bits per heavy atom. The molecule has 0 saturated carbocycles. The van der Waals surface area contributed by atoms with Gasteiger partial charge in [-0.2, -0.15) is 0 Å². The third kappa shape index (κ3) is 2.41. The summed E-state index contributed by atoms with van der Waals surface area (Å²) >= 11 is 0. The summed E-state index contributed by atoms with van der Waals surface area (Å²) in [5.41, 5.74) is 5.70. The quantitative estimate of drug-likeness (QED) is 0.521. The standard InChI is InChI=1S/C13H12N4O3/c1-16(9-5-7-15-8-6-9)13(18)10-3-2-4-11(14)12(10)17(19)20/h2-8H,14H2,1H3. The molecule has 7 nitrogen and oxygen atoms in total. The van der Waals surface area contributed by atoms with Gasteiger partial charge in [-0.15, -0.1) is 0 Å². The molecule has 0 fully saturated rings. The van der Waals surface area contributed by atoms with E-state index in [1.807, 2.05) is 0 Å². The fourth-order valence-electron chi connectivity index (χ4n) is 1.80. The van der Waals surface area contributed by atoms with E-state index in [9.17, 15) is 14.9 Å². The molecule has 0 aliphatic carbocycles. The number of rotatable bonds is 3. The number of aromatic nitrogens is 1. The van der Waals surface area contributed by atoms with E-state index in [4.69, 9.17) is 5.73 Å². The average molecular weight is 272 g/mol. The number of amides is 1. The number of hydrogen-bond acceptors (Lipinski definition) is 5. The summed E-state index contributed by atoms with van der Waals surface area (Å²) in [6, 6.07) is 7.55. The van der Waals surface area contributed by atoms with Crippen molar-refractivity contribution >= 4 is 23.0 Å². The summed E-state index contributed by atoms with van der Waals surface area (Å²) in [6.45, 7) is 0. The number of benzene rings is 1. The van der Waals surface area contributed by atoms with Gasteiger partial charge in [0, 0.05) is 25.1 Å². The van der Waals surface area contributed by atoms with Crippen molar-refractivity contribution in [3.05, 3.63) is 58.4 Å². The van der Waals surface area contributed by atoms with Crippen LogP contribution in [0.25, 0.3) is 0 Å². The molecule has 20 heavy (non-hydrogen) atoms. The SMILES string of the molecule is CN(C(=O)c1cccc(N)c1[N+](=O)[O-])c1ccncc1. The van der Waals surface area contributed by atoms with Gasteiger partial charge < -0.3 is 10.6 Å². The zero-order valence-electron chi connectivity index (χ0n) is 10.7. The lowest BCUT2D eigenvalue weighted by molar-refractivity contribution is -0.384. The van der Waals surface area contributed by atoms with Gasteiger partial charge in [0.05, 0.1) is 4.92 Å². The van der Waals surface area contributed by atoms with Crippen LogP contribution in [0.1, 0.15) is 10.4 Å². The molecule has 2 rings (SSSR count). The smallest absolute Gasteiger partial charge is 0.304 e. The van der Waals surface area contributed by atoms with Crippen molar-refractivity contribution < 1.29 is 9.72 Å². The van der Waals surface area contributed by atoms with Crippen LogP contribution >= 0.6 is 0 Å². The first-order valence-electron chi connectivity index (χ1n) is 5.73. The maximum absolute atomic E-state index is 12.4. The number of hydrogen-bond donors (Lipinski definition) is 1. The molecule has 0 saturated heterocycles. The number of nitro benzene ring substituents is 1. The predicted octanol–water partition coefficient (Wildman–Crippen LogP) is 1.85. The van der Waals surface area contributed by atoms with E-state index in [1.54, 1.807) is 12.1 Å². The molecule has 0 aliphatic heterocycles. The lowest BCUT2D eigenvalue weighted by Gasteiger charge is -2.17. The van der Waals surface area contributed by atoms with Crippen LogP contribution in [0.2, 0.25) is 0 Å². The molecule has 0 atom stereocenters. The fraction of sp³-hybridized carbons (Fsp3) is 0.0769. The molecule has 1 heterocycles. The van der Waals surface area contributed by atoms with Crippen molar-refractivity contribution in [3.63, 3.8) is 0 Å². The van der Waals surface area contributed by atoms with Gasteiger partial charge >= 0.3 is 5.69 Å². The number of para-hydroxylation sites is 1. The molecule has 0 spiro atoms. The van der Waals surface area contributed by atoms with Crippen molar-refractivity contribution in [2.24, 2.45) is 0 Å². The summed E-state index contributed by atoms with van der Waals surface area (Å²) in [5, 5.41) is 11.1. The van der Waals surface area contributed by atoms with Crippen LogP contribution in [0, 0.1) is 10.1 Å². The second-order valence-electron chi connectivity index (χ2n) is 4.07. The third-order valence-electron chi connectivity index (χ3n) is 2.83. The van der Waals surface area contributed by atoms with Crippen LogP contribution in [-0.2, 0) is 0 Å². The molecule has 0 unspecified atom stereocenters. The van der Waals surface area contributed by atoms with E-state index in [-0.39, 0.29) is 16.9 Å². The van der Waals surface area contributed by atoms with Crippen LogP contribution in [0.4, 0.5) is 17.1 Å². The number of nitrogens with zero attached hydrogens (tertiary/aromatic N) is 3. The number of carbonyl (C=O) groups is 1. The molecule has 1 aromatic carbocycles. The maximum atomic E-state index is 12.4. The van der Waals surface area contributed by atoms with Gasteiger partial charge in [0.25, 0.3) is 5.91 Å². The molecule has 0 bridgehead atoms. The van der Waals surface area contributed by atoms with Crippen molar-refractivity contribution in [1.29, 1.82) is 0 Å². The normalized spacial score (nSPS) is 10.1. The summed E-state index contributed by atoms with van der Waals surface area (Å²) in [6.07, 6.45) is 3.07. The summed E-state index contributed by atoms with van der Waals surface area (Å²) in [4.78, 5) is 27.9. The average Bonchev–Trinajstić information content (AvgIpc) is 2.46. The molecular formula is C13H12N4O3. The van der Waals surface area contributed by atoms with Gasteiger partial charge in [-0.25, -0.2) is 0 Å². The van der Waals surface area contributed by atoms with Gasteiger partial charge in [0.15, 0.2) is 0 Å². The Morgan fingerprint density at radius 2 is 1.95 bits per heavy atom. The third-order valence-corrected chi connectivity index (χ3v) is 2.83. The van der Waals surface area contributed by atoms with Gasteiger partial charge in [-0.3, -0.25) is 19.9 Å². The van der Waals surface area contributed by atoms with Gasteiger partial charge in [-0.1, -0.05) is 6.07 Å². The second-order valence-corrected chi connectivity index (χ2v) is 4.07. The Labute approximate surface area is 114 Å². The largest absolute Gasteiger partial charge is 0.393 e. The highest BCUT2D eigenvalue weighted by Gasteiger charge is 2.25. The van der Waals surface area contributed by atoms with Crippen LogP contribution in [-0.4, -0.2) is 22.9 Å². The minimum absolute atomic E-state index is 0.0380. The summed E-state index contributed by atoms with van der Waals surface area (Å²) in [5.74, 6) is -0.504. The van der Waals surface area contributed by atoms with Crippen molar-refractivity contribution in [1.82, 2.24) is 4.98 Å². The first kappa shape index (κ1) is 13.5. The summed E-state index contributed by atoms with van der Waals surface area (Å²) < 4.78 is 0. The second kappa shape index (κ2) is 5.35. The van der Waals surface area contributed by atoms with Crippen LogP contribution in [0.5, 0.6) is 0 Å². The molecule has 102 valence electrons. The van der Waals surface area contributed by atoms with Crippen molar-refractivity contribution in [3.8, 4) is 0 Å². The monoisotopic (exact) mass is 272 g/mol. The Kier molecular flexibility index (Phi) is 3.60. The Morgan fingerprint density at radius 3 is 2.55 bits per heavy atom. The Hall–Kier alpha value is -2.96. The van der Waals surface area contributed by atoms with Crippen molar-refractivity contribution in [2.45, 2.75) is 0 Å². The fourth-order valence-corrected chi connectivity index (χ4v) is 1.80. The molecule has 1 aromatic heterocycles. The molecule has 0 aliphatic rings. The Bertz CT molecular complexity index is 658. The van der Waals surface area contributed by atoms with Gasteiger partial charge in [-0.05, 0) is 24.3 Å². The van der Waals surface area contributed by atoms with Crippen LogP contribution < -0.4 is 10.6 Å². The van der Waals surface area contributed by atoms with E-state index in [2.05, 4.69) is 4.98 Å². The molecular weight excluding hydrogens is 260 g/mol. The molecule has 1 amide bonds. The van der Waals surface area contributed by atoms with Crippen LogP contribution in [0.15, 0.2) is 42.7 Å². The number of carbonyl (C=O) groups excluding carboxylic acids is 1. The Balaban J connectivity index is 2.44. The van der Waals surface area contributed by atoms with E-state index in [0.717, 1.165) is 0 Å². The lowest BCUT2D eigenvalue weighted by atomic mass is 10.1. The highest BCUT2D eigenvalue weighted by atomic mass is 16.6. The minimum Gasteiger partial charge on any atom is -0.393 e. The van der Waals surface area contributed by atoms with Crippen LogP contribution in [0.3, 0.4) is 0 Å². The minimum atomic E-state index is -0.650. The van der Waals surface area contributed by atoms with E-state index in [0.29, 0.717) is 5.69 Å². The van der Waals surface area contributed by atoms with E-state index < -0.39 is 10.8 Å². The highest BCUT2D eigenvalue weighted by molar-refractivity contribution is 6.09. The number of nitrogen functional groups attached to an aromatic ring is 1. The first-order valence-corrected chi connectivity index (χ1v) is 5.73. The molecule has 2 N–H and O–H groups in total. The number of nitrogens with two attached hydrogens (primary N) is 1. The van der Waals surface area contributed by atoms with Crippen molar-refractivity contribution in [2.75, 3.05) is 17.7 Å². The van der Waals surface area contributed by atoms with E-state index in [1.165, 1.54) is 42.5 Å². The topological polar surface area (TPSA) is 102 Å². The first-order chi connectivity index (χ1) is 9.52. The molecule has 0 radical (unpaired) electrons. The van der Waals surface area contributed by atoms with E-state index >= 15 is 0 Å². The van der Waals surface area contributed by atoms with Gasteiger partial charge in [0.2, 0.25) is 0 Å². The maximum Gasteiger partial charge on any atom is 0.304 e. The number of anilines is 2. The zero-order valence-corrected chi connectivity index (χ0v) is 10.7. The highest BCUT2D eigenvalue weighted by Crippen LogP contribution is 2.27. The lowest BCUT2D eigenvalue weighted by Crippen LogP contribution is -2.27. The number of pyridine rings is 1. The predicted molar refractivity (Wildman–Crippen MR) is 74.5 cm³/mol. The zero-order chi connectivity index (χ0) is 14.7. The molecule has 7 heteroatoms. The summed E-state index contributed by atoms with van der Waals surface area (Å²) in [7, 11) is 1.53. The molecule has 2 aromatic rings. The number of nitro groups is 1. The van der Waals surface area contributed by atoms with Gasteiger partial charge in [0.1, 0.15) is 11.3 Å².